The summed E-state index contributed by atoms with van der Waals surface area (Å²) in [6.07, 6.45) is 1.13. The lowest BCUT2D eigenvalue weighted by Gasteiger charge is -2.03. The van der Waals surface area contributed by atoms with Gasteiger partial charge in [-0.25, -0.2) is 14.6 Å². The maximum atomic E-state index is 11.7. The minimum absolute atomic E-state index is 0.189. The lowest BCUT2D eigenvalue weighted by molar-refractivity contribution is 0.0661. The summed E-state index contributed by atoms with van der Waals surface area (Å²) >= 11 is 3.25. The van der Waals surface area contributed by atoms with Gasteiger partial charge in [0.25, 0.3) is 0 Å². The molecule has 2 N–H and O–H groups in total. The van der Waals surface area contributed by atoms with Gasteiger partial charge in [0.05, 0.1) is 6.33 Å². The number of esters is 1. The number of carbonyl (C=O) groups excluding carboxylic acids is 1. The fourth-order valence-electron chi connectivity index (χ4n) is 1.27. The van der Waals surface area contributed by atoms with Crippen LogP contribution < -0.4 is 4.74 Å². The Morgan fingerprint density at radius 3 is 2.56 bits per heavy atom. The molecule has 0 unspecified atom stereocenters. The molecule has 1 aromatic carbocycles. The number of H-pyrrole nitrogens is 1. The summed E-state index contributed by atoms with van der Waals surface area (Å²) in [5, 5.41) is 8.81. The highest BCUT2D eigenvalue weighted by atomic mass is 79.9. The number of carboxylic acids is 1. The van der Waals surface area contributed by atoms with Crippen molar-refractivity contribution in [1.29, 1.82) is 0 Å². The summed E-state index contributed by atoms with van der Waals surface area (Å²) in [6.45, 7) is 0. The van der Waals surface area contributed by atoms with Crippen molar-refractivity contribution in [2.45, 2.75) is 0 Å². The maximum Gasteiger partial charge on any atom is 0.362 e. The first-order valence-electron chi connectivity index (χ1n) is 4.82. The Morgan fingerprint density at radius 1 is 1.28 bits per heavy atom. The summed E-state index contributed by atoms with van der Waals surface area (Å²) in [5.74, 6) is -1.78. The standard InChI is InChI=1S/C11H7BrN2O4/c12-6-1-3-7(4-2-6)18-11(17)9-8(10(15)16)13-5-14-9/h1-5H,(H,13,14)(H,15,16). The maximum absolute atomic E-state index is 11.7. The molecular weight excluding hydrogens is 304 g/mol. The van der Waals surface area contributed by atoms with Gasteiger partial charge < -0.3 is 14.8 Å². The number of ether oxygens (including phenoxy) is 1. The second-order valence-corrected chi connectivity index (χ2v) is 4.19. The van der Waals surface area contributed by atoms with E-state index in [2.05, 4.69) is 25.9 Å². The van der Waals surface area contributed by atoms with Crippen LogP contribution in [0.3, 0.4) is 0 Å². The molecule has 0 aliphatic heterocycles. The molecule has 1 heterocycles. The molecular formula is C11H7BrN2O4. The van der Waals surface area contributed by atoms with E-state index < -0.39 is 11.9 Å². The van der Waals surface area contributed by atoms with Gasteiger partial charge in [-0.15, -0.1) is 0 Å². The first-order valence-corrected chi connectivity index (χ1v) is 5.61. The molecule has 6 nitrogen and oxygen atoms in total. The number of imidazole rings is 1. The largest absolute Gasteiger partial charge is 0.476 e. The van der Waals surface area contributed by atoms with E-state index in [1.165, 1.54) is 0 Å². The van der Waals surface area contributed by atoms with Crippen LogP contribution in [-0.2, 0) is 0 Å². The summed E-state index contributed by atoms with van der Waals surface area (Å²) in [4.78, 5) is 28.5. The lowest BCUT2D eigenvalue weighted by atomic mass is 10.3. The molecule has 92 valence electrons. The van der Waals surface area contributed by atoms with Gasteiger partial charge in [0.1, 0.15) is 5.75 Å². The Kier molecular flexibility index (Phi) is 3.42. The van der Waals surface area contributed by atoms with E-state index in [0.717, 1.165) is 10.8 Å². The highest BCUT2D eigenvalue weighted by Crippen LogP contribution is 2.17. The molecule has 0 amide bonds. The van der Waals surface area contributed by atoms with Crippen molar-refractivity contribution in [2.75, 3.05) is 0 Å². The van der Waals surface area contributed by atoms with Crippen LogP contribution in [0.25, 0.3) is 0 Å². The van der Waals surface area contributed by atoms with Crippen LogP contribution in [0.5, 0.6) is 5.75 Å². The van der Waals surface area contributed by atoms with E-state index in [9.17, 15) is 9.59 Å². The first-order chi connectivity index (χ1) is 8.58. The van der Waals surface area contributed by atoms with Crippen molar-refractivity contribution in [3.63, 3.8) is 0 Å². The van der Waals surface area contributed by atoms with Crippen molar-refractivity contribution in [3.05, 3.63) is 46.5 Å². The SMILES string of the molecule is O=C(O)c1nc[nH]c1C(=O)Oc1ccc(Br)cc1. The zero-order chi connectivity index (χ0) is 13.1. The molecule has 18 heavy (non-hydrogen) atoms. The number of nitrogens with one attached hydrogen (secondary N) is 1. The summed E-state index contributed by atoms with van der Waals surface area (Å²) in [7, 11) is 0. The van der Waals surface area contributed by atoms with Gasteiger partial charge in [-0.05, 0) is 24.3 Å². The normalized spacial score (nSPS) is 10.1. The number of carbonyl (C=O) groups is 2. The lowest BCUT2D eigenvalue weighted by Crippen LogP contribution is -2.14. The van der Waals surface area contributed by atoms with Gasteiger partial charge >= 0.3 is 11.9 Å². The fourth-order valence-corrected chi connectivity index (χ4v) is 1.54. The zero-order valence-corrected chi connectivity index (χ0v) is 10.5. The van der Waals surface area contributed by atoms with Gasteiger partial charge in [0, 0.05) is 4.47 Å². The minimum atomic E-state index is -1.29. The topological polar surface area (TPSA) is 92.3 Å². The highest BCUT2D eigenvalue weighted by Gasteiger charge is 2.21. The van der Waals surface area contributed by atoms with E-state index in [-0.39, 0.29) is 11.4 Å². The van der Waals surface area contributed by atoms with Crippen molar-refractivity contribution in [2.24, 2.45) is 0 Å². The van der Waals surface area contributed by atoms with Gasteiger partial charge in [-0.3, -0.25) is 0 Å². The molecule has 2 aromatic rings. The fraction of sp³-hybridized carbons (Fsp3) is 0. The second kappa shape index (κ2) is 5.01. The third-order valence-corrected chi connectivity index (χ3v) is 2.60. The number of aromatic amines is 1. The Hall–Kier alpha value is -2.15. The summed E-state index contributed by atoms with van der Waals surface area (Å²) in [5.41, 5.74) is -0.553. The summed E-state index contributed by atoms with van der Waals surface area (Å²) < 4.78 is 5.85. The second-order valence-electron chi connectivity index (χ2n) is 3.27. The molecule has 2 rings (SSSR count). The zero-order valence-electron chi connectivity index (χ0n) is 8.88. The Morgan fingerprint density at radius 2 is 1.94 bits per heavy atom. The highest BCUT2D eigenvalue weighted by molar-refractivity contribution is 9.10. The van der Waals surface area contributed by atoms with Crippen LogP contribution in [0, 0.1) is 0 Å². The van der Waals surface area contributed by atoms with E-state index in [1.807, 2.05) is 0 Å². The number of aromatic carboxylic acids is 1. The van der Waals surface area contributed by atoms with Crippen molar-refractivity contribution < 1.29 is 19.4 Å². The predicted molar refractivity (Wildman–Crippen MR) is 64.6 cm³/mol. The number of carboxylic acid groups (broad SMARTS) is 1. The number of nitrogens with zero attached hydrogens (tertiary/aromatic N) is 1. The minimum Gasteiger partial charge on any atom is -0.476 e. The van der Waals surface area contributed by atoms with Crippen LogP contribution in [0.2, 0.25) is 0 Å². The third kappa shape index (κ3) is 2.57. The van der Waals surface area contributed by atoms with Gasteiger partial charge in [0.2, 0.25) is 0 Å². The number of benzene rings is 1. The van der Waals surface area contributed by atoms with Crippen molar-refractivity contribution in [3.8, 4) is 5.75 Å². The molecule has 7 heteroatoms. The number of hydrogen-bond donors (Lipinski definition) is 2. The van der Waals surface area contributed by atoms with E-state index in [0.29, 0.717) is 5.75 Å². The van der Waals surface area contributed by atoms with E-state index in [4.69, 9.17) is 9.84 Å². The van der Waals surface area contributed by atoms with Gasteiger partial charge in [0.15, 0.2) is 11.4 Å². The van der Waals surface area contributed by atoms with Crippen molar-refractivity contribution >= 4 is 27.9 Å². The molecule has 0 spiro atoms. The molecule has 0 fully saturated rings. The molecule has 0 atom stereocenters. The molecule has 0 saturated heterocycles. The molecule has 0 bridgehead atoms. The Bertz CT molecular complexity index is 591. The monoisotopic (exact) mass is 310 g/mol. The van der Waals surface area contributed by atoms with Gasteiger partial charge in [-0.1, -0.05) is 15.9 Å². The molecule has 0 saturated carbocycles. The average molecular weight is 311 g/mol. The van der Waals surface area contributed by atoms with Crippen molar-refractivity contribution in [1.82, 2.24) is 9.97 Å². The van der Waals surface area contributed by atoms with Gasteiger partial charge in [-0.2, -0.15) is 0 Å². The first kappa shape index (κ1) is 12.3. The molecule has 0 radical (unpaired) electrons. The van der Waals surface area contributed by atoms with E-state index in [1.54, 1.807) is 24.3 Å². The number of aromatic nitrogens is 2. The molecule has 0 aliphatic rings. The van der Waals surface area contributed by atoms with Crippen LogP contribution >= 0.6 is 15.9 Å². The van der Waals surface area contributed by atoms with E-state index >= 15 is 0 Å². The Labute approximate surface area is 110 Å². The predicted octanol–water partition coefficient (Wildman–Crippen LogP) is 2.09. The smallest absolute Gasteiger partial charge is 0.362 e. The number of rotatable bonds is 3. The number of hydrogen-bond acceptors (Lipinski definition) is 4. The quantitative estimate of drug-likeness (QED) is 0.669. The average Bonchev–Trinajstić information content (AvgIpc) is 2.81. The summed E-state index contributed by atoms with van der Waals surface area (Å²) in [6, 6.07) is 6.57. The van der Waals surface area contributed by atoms with Crippen LogP contribution in [0.1, 0.15) is 21.0 Å². The van der Waals surface area contributed by atoms with Crippen LogP contribution in [0.4, 0.5) is 0 Å². The van der Waals surface area contributed by atoms with Crippen LogP contribution in [0.15, 0.2) is 35.1 Å². The van der Waals surface area contributed by atoms with Crippen LogP contribution in [-0.4, -0.2) is 27.0 Å². The molecule has 0 aliphatic carbocycles. The Balaban J connectivity index is 2.19. The number of halogens is 1. The third-order valence-electron chi connectivity index (χ3n) is 2.07. The molecule has 1 aromatic heterocycles.